The van der Waals surface area contributed by atoms with Crippen LogP contribution in [-0.4, -0.2) is 53.6 Å². The van der Waals surface area contributed by atoms with Crippen LogP contribution in [0.5, 0.6) is 5.88 Å². The van der Waals surface area contributed by atoms with Crippen molar-refractivity contribution in [2.45, 2.75) is 64.5 Å². The van der Waals surface area contributed by atoms with Gasteiger partial charge < -0.3 is 9.47 Å². The van der Waals surface area contributed by atoms with Crippen LogP contribution >= 0.6 is 0 Å². The number of hydrogen-bond donors (Lipinski definition) is 0. The summed E-state index contributed by atoms with van der Waals surface area (Å²) in [5, 5.41) is 4.70. The highest BCUT2D eigenvalue weighted by Gasteiger charge is 2.28. The number of morpholine rings is 1. The zero-order valence-electron chi connectivity index (χ0n) is 14.7. The minimum absolute atomic E-state index is 0.537. The summed E-state index contributed by atoms with van der Waals surface area (Å²) in [6, 6.07) is 1.28. The molecule has 1 saturated heterocycles. The van der Waals surface area contributed by atoms with Crippen molar-refractivity contribution in [1.29, 1.82) is 0 Å². The zero-order valence-corrected chi connectivity index (χ0v) is 14.7. The van der Waals surface area contributed by atoms with E-state index in [1.54, 1.807) is 0 Å². The second-order valence-electron chi connectivity index (χ2n) is 6.91. The Morgan fingerprint density at radius 3 is 2.57 bits per heavy atom. The first kappa shape index (κ1) is 16.8. The van der Waals surface area contributed by atoms with Crippen LogP contribution in [0.25, 0.3) is 0 Å². The summed E-state index contributed by atoms with van der Waals surface area (Å²) in [6.07, 6.45) is 9.41. The Balaban J connectivity index is 1.52. The lowest BCUT2D eigenvalue weighted by Gasteiger charge is -2.38. The molecule has 1 aliphatic heterocycles. The fraction of sp³-hybridized carbons (Fsp3) is 0.833. The third kappa shape index (κ3) is 4.27. The summed E-state index contributed by atoms with van der Waals surface area (Å²) in [5.41, 5.74) is 1.16. The van der Waals surface area contributed by atoms with Crippen LogP contribution in [-0.2, 0) is 4.74 Å². The van der Waals surface area contributed by atoms with E-state index in [0.717, 1.165) is 63.2 Å². The lowest BCUT2D eigenvalue weighted by atomic mass is 9.90. The highest BCUT2D eigenvalue weighted by atomic mass is 16.5. The van der Waals surface area contributed by atoms with Gasteiger partial charge in [0.2, 0.25) is 5.88 Å². The molecular weight excluding hydrogens is 290 g/mol. The molecule has 0 radical (unpaired) electrons. The van der Waals surface area contributed by atoms with E-state index in [-0.39, 0.29) is 0 Å². The smallest absolute Gasteiger partial charge is 0.235 e. The first-order valence-electron chi connectivity index (χ1n) is 9.28. The third-order valence-corrected chi connectivity index (χ3v) is 5.21. The summed E-state index contributed by atoms with van der Waals surface area (Å²) in [4.78, 5) is 2.62. The Labute approximate surface area is 139 Å². The molecule has 0 unspecified atom stereocenters. The maximum atomic E-state index is 5.81. The predicted molar refractivity (Wildman–Crippen MR) is 91.1 cm³/mol. The summed E-state index contributed by atoms with van der Waals surface area (Å²) in [5.74, 6) is 0.828. The van der Waals surface area contributed by atoms with Crippen LogP contribution in [0.15, 0.2) is 6.20 Å². The van der Waals surface area contributed by atoms with Gasteiger partial charge in [0.15, 0.2) is 0 Å². The molecule has 3 rings (SSSR count). The molecule has 1 saturated carbocycles. The molecule has 0 bridgehead atoms. The minimum atomic E-state index is 0.537. The molecule has 1 aliphatic carbocycles. The van der Waals surface area contributed by atoms with Gasteiger partial charge in [-0.15, -0.1) is 5.10 Å². The van der Waals surface area contributed by atoms with E-state index >= 15 is 0 Å². The van der Waals surface area contributed by atoms with Gasteiger partial charge in [-0.05, 0) is 39.0 Å². The summed E-state index contributed by atoms with van der Waals surface area (Å²) >= 11 is 0. The van der Waals surface area contributed by atoms with Gasteiger partial charge >= 0.3 is 0 Å². The highest BCUT2D eigenvalue weighted by Crippen LogP contribution is 2.32. The van der Waals surface area contributed by atoms with E-state index in [4.69, 9.17) is 14.6 Å². The number of ether oxygens (including phenoxy) is 2. The van der Waals surface area contributed by atoms with Crippen LogP contribution < -0.4 is 4.74 Å². The maximum absolute atomic E-state index is 5.81. The average molecular weight is 321 g/mol. The summed E-state index contributed by atoms with van der Waals surface area (Å²) in [6.45, 7) is 9.06. The molecule has 0 aromatic carbocycles. The lowest BCUT2D eigenvalue weighted by Crippen LogP contribution is -2.45. The van der Waals surface area contributed by atoms with Crippen molar-refractivity contribution in [3.8, 4) is 5.88 Å². The Hall–Kier alpha value is -1.07. The number of unbranched alkanes of at least 4 members (excludes halogenated alkanes) is 1. The van der Waals surface area contributed by atoms with Crippen molar-refractivity contribution in [3.63, 3.8) is 0 Å². The van der Waals surface area contributed by atoms with Gasteiger partial charge in [-0.25, -0.2) is 0 Å². The molecule has 1 aromatic rings. The van der Waals surface area contributed by atoms with E-state index in [0.29, 0.717) is 6.04 Å². The number of rotatable bonds is 6. The Kier molecular flexibility index (Phi) is 5.95. The molecular formula is C18H31N3O2. The van der Waals surface area contributed by atoms with E-state index in [2.05, 4.69) is 29.6 Å². The van der Waals surface area contributed by atoms with E-state index in [1.807, 2.05) is 0 Å². The topological polar surface area (TPSA) is 39.5 Å². The largest absolute Gasteiger partial charge is 0.476 e. The molecule has 1 aromatic heterocycles. The lowest BCUT2D eigenvalue weighted by molar-refractivity contribution is 0.00503. The number of hydrogen-bond acceptors (Lipinski definition) is 4. The second kappa shape index (κ2) is 8.15. The number of aryl methyl sites for hydroxylation is 1. The predicted octanol–water partition coefficient (Wildman–Crippen LogP) is 3.19. The Morgan fingerprint density at radius 1 is 1.17 bits per heavy atom. The molecule has 0 atom stereocenters. The van der Waals surface area contributed by atoms with Crippen molar-refractivity contribution in [2.24, 2.45) is 0 Å². The van der Waals surface area contributed by atoms with Gasteiger partial charge in [-0.1, -0.05) is 13.3 Å². The Bertz CT molecular complexity index is 475. The fourth-order valence-corrected chi connectivity index (χ4v) is 3.74. The van der Waals surface area contributed by atoms with Crippen molar-refractivity contribution >= 4 is 0 Å². The third-order valence-electron chi connectivity index (χ3n) is 5.21. The first-order chi connectivity index (χ1) is 11.3. The summed E-state index contributed by atoms with van der Waals surface area (Å²) in [7, 11) is 0. The first-order valence-corrected chi connectivity index (χ1v) is 9.28. The molecule has 5 nitrogen and oxygen atoms in total. The molecule has 5 heteroatoms. The SMILES string of the molecule is CCCCOc1nn(C2CCC(N3CCOCC3)CC2)cc1C. The normalized spacial score (nSPS) is 26.3. The van der Waals surface area contributed by atoms with Gasteiger partial charge in [0.05, 0.1) is 25.9 Å². The van der Waals surface area contributed by atoms with E-state index in [1.165, 1.54) is 25.7 Å². The van der Waals surface area contributed by atoms with Crippen molar-refractivity contribution in [1.82, 2.24) is 14.7 Å². The van der Waals surface area contributed by atoms with Crippen LogP contribution in [0.1, 0.15) is 57.1 Å². The molecule has 2 heterocycles. The van der Waals surface area contributed by atoms with Crippen molar-refractivity contribution < 1.29 is 9.47 Å². The molecule has 0 amide bonds. The fourth-order valence-electron chi connectivity index (χ4n) is 3.74. The quantitative estimate of drug-likeness (QED) is 0.755. The molecule has 130 valence electrons. The number of aromatic nitrogens is 2. The van der Waals surface area contributed by atoms with Gasteiger partial charge in [-0.3, -0.25) is 9.58 Å². The van der Waals surface area contributed by atoms with Crippen LogP contribution in [0, 0.1) is 6.92 Å². The van der Waals surface area contributed by atoms with Crippen LogP contribution in [0.3, 0.4) is 0 Å². The minimum Gasteiger partial charge on any atom is -0.476 e. The van der Waals surface area contributed by atoms with E-state index in [9.17, 15) is 0 Å². The standard InChI is InChI=1S/C18H31N3O2/c1-3-4-11-23-18-15(2)14-21(19-18)17-7-5-16(6-8-17)20-9-12-22-13-10-20/h14,16-17H,3-13H2,1-2H3. The molecule has 0 N–H and O–H groups in total. The van der Waals surface area contributed by atoms with Gasteiger partial charge in [0, 0.05) is 30.9 Å². The van der Waals surface area contributed by atoms with E-state index < -0.39 is 0 Å². The number of nitrogens with zero attached hydrogens (tertiary/aromatic N) is 3. The molecule has 0 spiro atoms. The monoisotopic (exact) mass is 321 g/mol. The van der Waals surface area contributed by atoms with Crippen LogP contribution in [0.4, 0.5) is 0 Å². The second-order valence-corrected chi connectivity index (χ2v) is 6.91. The zero-order chi connectivity index (χ0) is 16.1. The molecule has 2 fully saturated rings. The van der Waals surface area contributed by atoms with Gasteiger partial charge in [0.1, 0.15) is 0 Å². The Morgan fingerprint density at radius 2 is 1.87 bits per heavy atom. The highest BCUT2D eigenvalue weighted by molar-refractivity contribution is 5.21. The van der Waals surface area contributed by atoms with Gasteiger partial charge in [0.25, 0.3) is 0 Å². The molecule has 2 aliphatic rings. The van der Waals surface area contributed by atoms with Crippen molar-refractivity contribution in [3.05, 3.63) is 11.8 Å². The van der Waals surface area contributed by atoms with Crippen LogP contribution in [0.2, 0.25) is 0 Å². The van der Waals surface area contributed by atoms with Crippen molar-refractivity contribution in [2.75, 3.05) is 32.9 Å². The average Bonchev–Trinajstić information content (AvgIpc) is 2.97. The van der Waals surface area contributed by atoms with Gasteiger partial charge in [-0.2, -0.15) is 0 Å². The maximum Gasteiger partial charge on any atom is 0.235 e. The molecule has 23 heavy (non-hydrogen) atoms. The summed E-state index contributed by atoms with van der Waals surface area (Å²) < 4.78 is 13.4.